The number of hydrogen-bond acceptors (Lipinski definition) is 2. The summed E-state index contributed by atoms with van der Waals surface area (Å²) in [5.41, 5.74) is -0.483. The van der Waals surface area contributed by atoms with Gasteiger partial charge in [0.25, 0.3) is 0 Å². The zero-order valence-corrected chi connectivity index (χ0v) is 10.7. The fourth-order valence-corrected chi connectivity index (χ4v) is 1.84. The van der Waals surface area contributed by atoms with Gasteiger partial charge in [0.15, 0.2) is 0 Å². The molecule has 0 aromatic heterocycles. The highest BCUT2D eigenvalue weighted by molar-refractivity contribution is 5.75. The molecule has 0 bridgehead atoms. The first-order chi connectivity index (χ1) is 7.49. The normalized spacial score (nSPS) is 18.1. The van der Waals surface area contributed by atoms with Crippen LogP contribution in [0.2, 0.25) is 0 Å². The summed E-state index contributed by atoms with van der Waals surface area (Å²) in [4.78, 5) is 15.8. The van der Waals surface area contributed by atoms with Gasteiger partial charge in [-0.1, -0.05) is 12.8 Å². The van der Waals surface area contributed by atoms with E-state index in [0.717, 1.165) is 25.9 Å². The lowest BCUT2D eigenvalue weighted by Crippen LogP contribution is -2.53. The summed E-state index contributed by atoms with van der Waals surface area (Å²) in [5.74, 6) is 0. The van der Waals surface area contributed by atoms with Crippen LogP contribution in [0.4, 0.5) is 4.79 Å². The van der Waals surface area contributed by atoms with Crippen molar-refractivity contribution in [3.05, 3.63) is 0 Å². The van der Waals surface area contributed by atoms with E-state index >= 15 is 0 Å². The molecule has 94 valence electrons. The van der Waals surface area contributed by atoms with Crippen molar-refractivity contribution >= 4 is 6.03 Å². The fourth-order valence-electron chi connectivity index (χ4n) is 1.84. The summed E-state index contributed by atoms with van der Waals surface area (Å²) < 4.78 is 0. The summed E-state index contributed by atoms with van der Waals surface area (Å²) in [5, 5.41) is 9.25. The Bertz CT molecular complexity index is 233. The lowest BCUT2D eigenvalue weighted by Gasteiger charge is -2.37. The molecule has 4 heteroatoms. The van der Waals surface area contributed by atoms with Crippen molar-refractivity contribution < 1.29 is 9.90 Å². The van der Waals surface area contributed by atoms with E-state index in [-0.39, 0.29) is 12.6 Å². The molecule has 0 saturated carbocycles. The van der Waals surface area contributed by atoms with Gasteiger partial charge in [0.2, 0.25) is 0 Å². The van der Waals surface area contributed by atoms with Crippen molar-refractivity contribution in [1.29, 1.82) is 0 Å². The highest BCUT2D eigenvalue weighted by Gasteiger charge is 2.30. The summed E-state index contributed by atoms with van der Waals surface area (Å²) in [6.45, 7) is 5.45. The minimum absolute atomic E-state index is 0.0108. The molecule has 1 aliphatic heterocycles. The van der Waals surface area contributed by atoms with Crippen LogP contribution in [0, 0.1) is 0 Å². The molecule has 0 aliphatic carbocycles. The lowest BCUT2D eigenvalue weighted by atomic mass is 10.1. The maximum atomic E-state index is 12.2. The smallest absolute Gasteiger partial charge is 0.320 e. The van der Waals surface area contributed by atoms with Crippen molar-refractivity contribution in [2.75, 3.05) is 26.7 Å². The molecule has 0 unspecified atom stereocenters. The summed E-state index contributed by atoms with van der Waals surface area (Å²) >= 11 is 0. The van der Waals surface area contributed by atoms with Crippen LogP contribution in [-0.2, 0) is 0 Å². The molecule has 0 atom stereocenters. The summed E-state index contributed by atoms with van der Waals surface area (Å²) in [6, 6.07) is 0.0425. The van der Waals surface area contributed by atoms with Crippen molar-refractivity contribution in [2.24, 2.45) is 0 Å². The Morgan fingerprint density at radius 2 is 1.75 bits per heavy atom. The number of aliphatic hydroxyl groups is 1. The van der Waals surface area contributed by atoms with Crippen molar-refractivity contribution in [1.82, 2.24) is 9.80 Å². The lowest BCUT2D eigenvalue weighted by molar-refractivity contribution is 0.0781. The van der Waals surface area contributed by atoms with Gasteiger partial charge in [0, 0.05) is 20.1 Å². The van der Waals surface area contributed by atoms with Crippen LogP contribution in [0.15, 0.2) is 0 Å². The standard InChI is InChI=1S/C12H24N2O2/c1-12(2,10-15)13(3)11(16)14-8-6-4-5-7-9-14/h15H,4-10H2,1-3H3. The molecule has 1 aliphatic rings. The number of likely N-dealkylation sites (tertiary alicyclic amines) is 1. The molecular weight excluding hydrogens is 204 g/mol. The minimum atomic E-state index is -0.483. The zero-order valence-electron chi connectivity index (χ0n) is 10.7. The van der Waals surface area contributed by atoms with Crippen LogP contribution < -0.4 is 0 Å². The molecule has 0 spiro atoms. The number of likely N-dealkylation sites (N-methyl/N-ethyl adjacent to an activating group) is 1. The van der Waals surface area contributed by atoms with Crippen LogP contribution in [0.5, 0.6) is 0 Å². The van der Waals surface area contributed by atoms with Gasteiger partial charge in [-0.25, -0.2) is 4.79 Å². The average molecular weight is 228 g/mol. The highest BCUT2D eigenvalue weighted by Crippen LogP contribution is 2.16. The van der Waals surface area contributed by atoms with E-state index < -0.39 is 5.54 Å². The van der Waals surface area contributed by atoms with E-state index in [2.05, 4.69) is 0 Å². The van der Waals surface area contributed by atoms with E-state index in [1.807, 2.05) is 18.7 Å². The molecule has 0 aromatic carbocycles. The summed E-state index contributed by atoms with van der Waals surface area (Å²) in [6.07, 6.45) is 4.63. The monoisotopic (exact) mass is 228 g/mol. The van der Waals surface area contributed by atoms with Crippen LogP contribution in [-0.4, -0.2) is 53.2 Å². The van der Waals surface area contributed by atoms with Crippen molar-refractivity contribution in [2.45, 2.75) is 45.1 Å². The van der Waals surface area contributed by atoms with Gasteiger partial charge >= 0.3 is 6.03 Å². The Morgan fingerprint density at radius 3 is 2.19 bits per heavy atom. The molecule has 1 heterocycles. The topological polar surface area (TPSA) is 43.8 Å². The molecule has 1 saturated heterocycles. The van der Waals surface area contributed by atoms with Crippen LogP contribution in [0.25, 0.3) is 0 Å². The van der Waals surface area contributed by atoms with Gasteiger partial charge in [-0.3, -0.25) is 0 Å². The van der Waals surface area contributed by atoms with Gasteiger partial charge in [-0.15, -0.1) is 0 Å². The number of urea groups is 1. The maximum absolute atomic E-state index is 12.2. The Morgan fingerprint density at radius 1 is 1.25 bits per heavy atom. The Balaban J connectivity index is 2.61. The molecule has 16 heavy (non-hydrogen) atoms. The molecule has 1 rings (SSSR count). The number of amides is 2. The number of carbonyl (C=O) groups is 1. The quantitative estimate of drug-likeness (QED) is 0.781. The second-order valence-electron chi connectivity index (χ2n) is 5.21. The number of aliphatic hydroxyl groups excluding tert-OH is 1. The second-order valence-corrected chi connectivity index (χ2v) is 5.21. The van der Waals surface area contributed by atoms with Gasteiger partial charge < -0.3 is 14.9 Å². The molecule has 1 N–H and O–H groups in total. The van der Waals surface area contributed by atoms with Crippen molar-refractivity contribution in [3.8, 4) is 0 Å². The molecule has 1 fully saturated rings. The van der Waals surface area contributed by atoms with Gasteiger partial charge in [-0.05, 0) is 26.7 Å². The first-order valence-corrected chi connectivity index (χ1v) is 6.12. The number of carbonyl (C=O) groups excluding carboxylic acids is 1. The largest absolute Gasteiger partial charge is 0.394 e. The van der Waals surface area contributed by atoms with Crippen molar-refractivity contribution in [3.63, 3.8) is 0 Å². The maximum Gasteiger partial charge on any atom is 0.320 e. The van der Waals surface area contributed by atoms with Crippen LogP contribution >= 0.6 is 0 Å². The number of hydrogen-bond donors (Lipinski definition) is 1. The second kappa shape index (κ2) is 5.53. The third-order valence-electron chi connectivity index (χ3n) is 3.46. The SMILES string of the molecule is CN(C(=O)N1CCCCCC1)C(C)(C)CO. The fraction of sp³-hybridized carbons (Fsp3) is 0.917. The van der Waals surface area contributed by atoms with E-state index in [1.165, 1.54) is 12.8 Å². The van der Waals surface area contributed by atoms with Crippen LogP contribution in [0.3, 0.4) is 0 Å². The summed E-state index contributed by atoms with van der Waals surface area (Å²) in [7, 11) is 1.77. The van der Waals surface area contributed by atoms with Gasteiger partial charge in [0.1, 0.15) is 0 Å². The highest BCUT2D eigenvalue weighted by atomic mass is 16.3. The number of nitrogens with zero attached hydrogens (tertiary/aromatic N) is 2. The molecule has 0 radical (unpaired) electrons. The van der Waals surface area contributed by atoms with E-state index in [1.54, 1.807) is 11.9 Å². The van der Waals surface area contributed by atoms with Gasteiger partial charge in [-0.2, -0.15) is 0 Å². The van der Waals surface area contributed by atoms with E-state index in [9.17, 15) is 9.90 Å². The molecular formula is C12H24N2O2. The first-order valence-electron chi connectivity index (χ1n) is 6.12. The Hall–Kier alpha value is -0.770. The third kappa shape index (κ3) is 3.11. The molecule has 4 nitrogen and oxygen atoms in total. The first kappa shape index (κ1) is 13.3. The van der Waals surface area contributed by atoms with E-state index in [0.29, 0.717) is 0 Å². The minimum Gasteiger partial charge on any atom is -0.394 e. The van der Waals surface area contributed by atoms with Crippen LogP contribution in [0.1, 0.15) is 39.5 Å². The average Bonchev–Trinajstić information content (AvgIpc) is 2.55. The predicted molar refractivity (Wildman–Crippen MR) is 64.4 cm³/mol. The predicted octanol–water partition coefficient (Wildman–Crippen LogP) is 1.69. The van der Waals surface area contributed by atoms with Gasteiger partial charge in [0.05, 0.1) is 12.1 Å². The Labute approximate surface area is 98.2 Å². The Kier molecular flexibility index (Phi) is 4.59. The third-order valence-corrected chi connectivity index (χ3v) is 3.46. The molecule has 2 amide bonds. The zero-order chi connectivity index (χ0) is 12.2. The number of rotatable bonds is 2. The molecule has 0 aromatic rings. The van der Waals surface area contributed by atoms with E-state index in [4.69, 9.17) is 0 Å².